The number of anilines is 1. The van der Waals surface area contributed by atoms with Gasteiger partial charge in [-0.25, -0.2) is 9.67 Å². The van der Waals surface area contributed by atoms with Crippen LogP contribution in [0.15, 0.2) is 55.0 Å². The van der Waals surface area contributed by atoms with Crippen LogP contribution in [-0.4, -0.2) is 44.5 Å². The molecule has 7 nitrogen and oxygen atoms in total. The first kappa shape index (κ1) is 24.9. The van der Waals surface area contributed by atoms with Gasteiger partial charge >= 0.3 is 6.18 Å². The summed E-state index contributed by atoms with van der Waals surface area (Å²) in [6, 6.07) is 11.5. The third kappa shape index (κ3) is 4.92. The lowest BCUT2D eigenvalue weighted by molar-refractivity contribution is -0.137. The fourth-order valence-electron chi connectivity index (χ4n) is 4.77. The Morgan fingerprint density at radius 2 is 1.92 bits per heavy atom. The van der Waals surface area contributed by atoms with E-state index in [9.17, 15) is 13.2 Å². The summed E-state index contributed by atoms with van der Waals surface area (Å²) < 4.78 is 49.1. The zero-order valence-corrected chi connectivity index (χ0v) is 21.2. The van der Waals surface area contributed by atoms with Crippen molar-refractivity contribution in [1.82, 2.24) is 24.3 Å². The summed E-state index contributed by atoms with van der Waals surface area (Å²) in [7, 11) is 1.62. The summed E-state index contributed by atoms with van der Waals surface area (Å²) in [5.41, 5.74) is 2.66. The minimum Gasteiger partial charge on any atom is -0.495 e. The molecule has 10 heteroatoms. The molecule has 1 aliphatic rings. The van der Waals surface area contributed by atoms with Gasteiger partial charge in [-0.15, -0.1) is 5.10 Å². The molecule has 0 N–H and O–H groups in total. The molecule has 4 aromatic rings. The van der Waals surface area contributed by atoms with E-state index in [1.165, 1.54) is 12.1 Å². The minimum absolute atomic E-state index is 0.0129. The first-order chi connectivity index (χ1) is 17.6. The molecule has 2 aromatic heterocycles. The van der Waals surface area contributed by atoms with E-state index in [0.29, 0.717) is 36.2 Å². The van der Waals surface area contributed by atoms with Gasteiger partial charge in [0.1, 0.15) is 5.75 Å². The second-order valence-corrected chi connectivity index (χ2v) is 9.64. The van der Waals surface area contributed by atoms with E-state index in [-0.39, 0.29) is 12.0 Å². The smallest absolute Gasteiger partial charge is 0.416 e. The molecule has 2 aromatic carbocycles. The number of benzene rings is 2. The Balaban J connectivity index is 1.43. The van der Waals surface area contributed by atoms with Crippen LogP contribution in [-0.2, 0) is 6.18 Å². The highest BCUT2D eigenvalue weighted by Gasteiger charge is 2.33. The molecule has 0 amide bonds. The normalized spacial score (nSPS) is 16.1. The van der Waals surface area contributed by atoms with Crippen molar-refractivity contribution >= 4 is 5.95 Å². The highest BCUT2D eigenvalue weighted by molar-refractivity contribution is 5.64. The fourth-order valence-corrected chi connectivity index (χ4v) is 4.77. The van der Waals surface area contributed by atoms with Gasteiger partial charge in [-0.3, -0.25) is 0 Å². The van der Waals surface area contributed by atoms with Gasteiger partial charge in [-0.2, -0.15) is 18.2 Å². The van der Waals surface area contributed by atoms with Crippen molar-refractivity contribution in [2.24, 2.45) is 0 Å². The maximum Gasteiger partial charge on any atom is 0.416 e. The standard InChI is InChI=1S/C27H29F3N6O/c1-17(2)36-26(34-11-10-21(15-34)19-6-5-7-22(12-19)27(28,29)30)32-25(33-36)20-8-9-23(24(13-20)37-4)35-14-18(3)31-16-35/h5-9,12-14,16-17,21H,10-11,15H2,1-4H3. The lowest BCUT2D eigenvalue weighted by Crippen LogP contribution is -2.24. The molecule has 0 radical (unpaired) electrons. The van der Waals surface area contributed by atoms with Crippen LogP contribution in [0.4, 0.5) is 19.1 Å². The average Bonchev–Trinajstić information content (AvgIpc) is 3.62. The number of imidazole rings is 1. The minimum atomic E-state index is -4.35. The largest absolute Gasteiger partial charge is 0.495 e. The quantitative estimate of drug-likeness (QED) is 0.316. The second kappa shape index (κ2) is 9.57. The molecule has 1 saturated heterocycles. The summed E-state index contributed by atoms with van der Waals surface area (Å²) in [4.78, 5) is 11.3. The monoisotopic (exact) mass is 510 g/mol. The van der Waals surface area contributed by atoms with Gasteiger partial charge in [0.25, 0.3) is 0 Å². The van der Waals surface area contributed by atoms with Crippen LogP contribution < -0.4 is 9.64 Å². The molecule has 0 saturated carbocycles. The lowest BCUT2D eigenvalue weighted by Gasteiger charge is -2.20. The number of alkyl halides is 3. The molecular formula is C27H29F3N6O. The summed E-state index contributed by atoms with van der Waals surface area (Å²) in [5, 5.41) is 4.79. The summed E-state index contributed by atoms with van der Waals surface area (Å²) >= 11 is 0. The Bertz CT molecular complexity index is 1410. The molecule has 5 rings (SSSR count). The van der Waals surface area contributed by atoms with E-state index >= 15 is 0 Å². The average molecular weight is 511 g/mol. The number of hydrogen-bond acceptors (Lipinski definition) is 5. The predicted octanol–water partition coefficient (Wildman–Crippen LogP) is 6.04. The van der Waals surface area contributed by atoms with Crippen LogP contribution in [0.5, 0.6) is 5.75 Å². The third-order valence-corrected chi connectivity index (χ3v) is 6.69. The van der Waals surface area contributed by atoms with Crippen molar-refractivity contribution < 1.29 is 17.9 Å². The van der Waals surface area contributed by atoms with Crippen LogP contribution in [0, 0.1) is 6.92 Å². The molecule has 1 unspecified atom stereocenters. The highest BCUT2D eigenvalue weighted by atomic mass is 19.4. The maximum absolute atomic E-state index is 13.2. The van der Waals surface area contributed by atoms with Crippen molar-refractivity contribution in [2.75, 3.05) is 25.1 Å². The van der Waals surface area contributed by atoms with Crippen LogP contribution in [0.2, 0.25) is 0 Å². The van der Waals surface area contributed by atoms with Crippen LogP contribution in [0.3, 0.4) is 0 Å². The van der Waals surface area contributed by atoms with Crippen molar-refractivity contribution in [1.29, 1.82) is 0 Å². The lowest BCUT2D eigenvalue weighted by atomic mass is 9.96. The SMILES string of the molecule is COc1cc(-c2nc(N3CCC(c4cccc(C(F)(F)F)c4)C3)n(C(C)C)n2)ccc1-n1cnc(C)c1. The maximum atomic E-state index is 13.2. The third-order valence-electron chi connectivity index (χ3n) is 6.69. The number of aryl methyl sites for hydroxylation is 1. The molecule has 1 atom stereocenters. The molecule has 1 fully saturated rings. The molecule has 194 valence electrons. The molecule has 37 heavy (non-hydrogen) atoms. The number of halogens is 3. The molecule has 0 spiro atoms. The van der Waals surface area contributed by atoms with Crippen molar-refractivity contribution in [3.8, 4) is 22.8 Å². The Labute approximate surface area is 213 Å². The van der Waals surface area contributed by atoms with Gasteiger partial charge in [0, 0.05) is 30.8 Å². The highest BCUT2D eigenvalue weighted by Crippen LogP contribution is 2.36. The first-order valence-electron chi connectivity index (χ1n) is 12.2. The summed E-state index contributed by atoms with van der Waals surface area (Å²) in [5.74, 6) is 1.94. The number of aromatic nitrogens is 5. The number of rotatable bonds is 6. The van der Waals surface area contributed by atoms with E-state index in [1.807, 2.05) is 54.4 Å². The van der Waals surface area contributed by atoms with Gasteiger partial charge in [-0.05, 0) is 57.0 Å². The van der Waals surface area contributed by atoms with Gasteiger partial charge < -0.3 is 14.2 Å². The Kier molecular flexibility index (Phi) is 6.43. The Morgan fingerprint density at radius 3 is 2.59 bits per heavy atom. The van der Waals surface area contributed by atoms with Crippen LogP contribution in [0.1, 0.15) is 49.0 Å². The number of methoxy groups -OCH3 is 1. The Hall–Kier alpha value is -3.82. The van der Waals surface area contributed by atoms with E-state index < -0.39 is 11.7 Å². The van der Waals surface area contributed by atoms with Crippen molar-refractivity contribution in [3.05, 3.63) is 71.8 Å². The Morgan fingerprint density at radius 1 is 1.11 bits per heavy atom. The van der Waals surface area contributed by atoms with Gasteiger partial charge in [0.2, 0.25) is 5.95 Å². The predicted molar refractivity (Wildman–Crippen MR) is 135 cm³/mol. The molecular weight excluding hydrogens is 481 g/mol. The van der Waals surface area contributed by atoms with E-state index in [4.69, 9.17) is 14.8 Å². The van der Waals surface area contributed by atoms with Gasteiger partial charge in [0.05, 0.1) is 36.4 Å². The van der Waals surface area contributed by atoms with E-state index in [0.717, 1.165) is 29.4 Å². The zero-order valence-electron chi connectivity index (χ0n) is 21.2. The summed E-state index contributed by atoms with van der Waals surface area (Å²) in [6.45, 7) is 7.26. The fraction of sp³-hybridized carbons (Fsp3) is 0.370. The second-order valence-electron chi connectivity index (χ2n) is 9.64. The first-order valence-corrected chi connectivity index (χ1v) is 12.2. The zero-order chi connectivity index (χ0) is 26.3. The van der Waals surface area contributed by atoms with E-state index in [1.54, 1.807) is 19.5 Å². The van der Waals surface area contributed by atoms with Crippen molar-refractivity contribution in [3.63, 3.8) is 0 Å². The molecule has 0 aliphatic carbocycles. The van der Waals surface area contributed by atoms with Crippen LogP contribution in [0.25, 0.3) is 17.1 Å². The molecule has 0 bridgehead atoms. The number of ether oxygens (including phenoxy) is 1. The number of nitrogens with zero attached hydrogens (tertiary/aromatic N) is 6. The molecule has 1 aliphatic heterocycles. The molecule has 3 heterocycles. The summed E-state index contributed by atoms with van der Waals surface area (Å²) in [6.07, 6.45) is 0.0587. The van der Waals surface area contributed by atoms with E-state index in [2.05, 4.69) is 9.88 Å². The van der Waals surface area contributed by atoms with Gasteiger partial charge in [-0.1, -0.05) is 18.2 Å². The van der Waals surface area contributed by atoms with Crippen LogP contribution >= 0.6 is 0 Å². The van der Waals surface area contributed by atoms with Gasteiger partial charge in [0.15, 0.2) is 5.82 Å². The number of hydrogen-bond donors (Lipinski definition) is 0. The van der Waals surface area contributed by atoms with Crippen molar-refractivity contribution in [2.45, 2.75) is 45.3 Å². The topological polar surface area (TPSA) is 61.0 Å².